The van der Waals surface area contributed by atoms with E-state index in [1.54, 1.807) is 0 Å². The number of thiazole rings is 1. The van der Waals surface area contributed by atoms with Crippen molar-refractivity contribution in [2.45, 2.75) is 6.18 Å². The SMILES string of the molecule is O=C(Nc1nc(/C=N/O)c(-c2cccc(C(F)(F)F)c2)s1)c1c(F)cccc1F. The van der Waals surface area contributed by atoms with E-state index in [0.29, 0.717) is 0 Å². The topological polar surface area (TPSA) is 74.6 Å². The van der Waals surface area contributed by atoms with Gasteiger partial charge < -0.3 is 5.21 Å². The van der Waals surface area contributed by atoms with Crippen LogP contribution in [-0.4, -0.2) is 22.3 Å². The van der Waals surface area contributed by atoms with E-state index in [0.717, 1.165) is 47.9 Å². The van der Waals surface area contributed by atoms with Crippen molar-refractivity contribution in [2.24, 2.45) is 5.16 Å². The number of rotatable bonds is 4. The van der Waals surface area contributed by atoms with Crippen molar-refractivity contribution >= 4 is 28.6 Å². The number of oxime groups is 1. The maximum Gasteiger partial charge on any atom is 0.416 e. The number of amides is 1. The molecular formula is C18H10F5N3O2S. The number of aromatic nitrogens is 1. The second kappa shape index (κ2) is 7.95. The fourth-order valence-electron chi connectivity index (χ4n) is 2.45. The summed E-state index contributed by atoms with van der Waals surface area (Å²) in [6.07, 6.45) is -3.71. The summed E-state index contributed by atoms with van der Waals surface area (Å²) >= 11 is 0.749. The molecule has 5 nitrogen and oxygen atoms in total. The van der Waals surface area contributed by atoms with Gasteiger partial charge in [0, 0.05) is 0 Å². The molecule has 0 saturated heterocycles. The zero-order chi connectivity index (χ0) is 21.2. The molecule has 1 aromatic heterocycles. The molecule has 0 aliphatic rings. The molecular weight excluding hydrogens is 417 g/mol. The smallest absolute Gasteiger partial charge is 0.411 e. The molecule has 0 atom stereocenters. The number of benzene rings is 2. The summed E-state index contributed by atoms with van der Waals surface area (Å²) in [5.41, 5.74) is -1.68. The van der Waals surface area contributed by atoms with Crippen LogP contribution in [0.5, 0.6) is 0 Å². The number of halogens is 5. The number of nitrogens with one attached hydrogen (secondary N) is 1. The summed E-state index contributed by atoms with van der Waals surface area (Å²) < 4.78 is 66.4. The van der Waals surface area contributed by atoms with Crippen molar-refractivity contribution < 1.29 is 32.0 Å². The summed E-state index contributed by atoms with van der Waals surface area (Å²) in [7, 11) is 0. The first kappa shape index (κ1) is 20.4. The fraction of sp³-hybridized carbons (Fsp3) is 0.0556. The van der Waals surface area contributed by atoms with E-state index in [1.807, 2.05) is 0 Å². The van der Waals surface area contributed by atoms with Gasteiger partial charge in [-0.15, -0.1) is 0 Å². The molecule has 2 aromatic carbocycles. The Labute approximate surface area is 164 Å². The Balaban J connectivity index is 1.99. The maximum atomic E-state index is 13.8. The third-order valence-electron chi connectivity index (χ3n) is 3.70. The van der Waals surface area contributed by atoms with Crippen molar-refractivity contribution in [3.05, 3.63) is 70.9 Å². The second-order valence-electron chi connectivity index (χ2n) is 5.61. The van der Waals surface area contributed by atoms with E-state index in [4.69, 9.17) is 5.21 Å². The van der Waals surface area contributed by atoms with Crippen molar-refractivity contribution in [1.82, 2.24) is 4.98 Å². The Morgan fingerprint density at radius 3 is 2.41 bits per heavy atom. The molecule has 1 amide bonds. The van der Waals surface area contributed by atoms with Crippen molar-refractivity contribution in [1.29, 1.82) is 0 Å². The molecule has 0 aliphatic heterocycles. The molecule has 0 saturated carbocycles. The summed E-state index contributed by atoms with van der Waals surface area (Å²) in [6, 6.07) is 7.20. The highest BCUT2D eigenvalue weighted by molar-refractivity contribution is 7.19. The third-order valence-corrected chi connectivity index (χ3v) is 4.73. The van der Waals surface area contributed by atoms with Gasteiger partial charge in [0.15, 0.2) is 5.13 Å². The molecule has 2 N–H and O–H groups in total. The number of carbonyl (C=O) groups is 1. The highest BCUT2D eigenvalue weighted by Gasteiger charge is 2.31. The van der Waals surface area contributed by atoms with E-state index in [1.165, 1.54) is 12.1 Å². The van der Waals surface area contributed by atoms with Crippen LogP contribution in [0.25, 0.3) is 10.4 Å². The number of nitrogens with zero attached hydrogens (tertiary/aromatic N) is 2. The molecule has 3 aromatic rings. The lowest BCUT2D eigenvalue weighted by Crippen LogP contribution is -2.15. The average molecular weight is 427 g/mol. The van der Waals surface area contributed by atoms with Gasteiger partial charge in [0.25, 0.3) is 5.91 Å². The lowest BCUT2D eigenvalue weighted by Gasteiger charge is -2.07. The van der Waals surface area contributed by atoms with Crippen LogP contribution in [0, 0.1) is 11.6 Å². The van der Waals surface area contributed by atoms with Crippen molar-refractivity contribution in [2.75, 3.05) is 5.32 Å². The fourth-order valence-corrected chi connectivity index (χ4v) is 3.37. The summed E-state index contributed by atoms with van der Waals surface area (Å²) in [6.45, 7) is 0. The van der Waals surface area contributed by atoms with Gasteiger partial charge in [-0.05, 0) is 29.8 Å². The quantitative estimate of drug-likeness (QED) is 0.261. The first-order valence-corrected chi connectivity index (χ1v) is 8.63. The molecule has 0 bridgehead atoms. The molecule has 11 heteroatoms. The number of alkyl halides is 3. The minimum absolute atomic E-state index is 0.0406. The average Bonchev–Trinajstić information content (AvgIpc) is 3.03. The Morgan fingerprint density at radius 2 is 1.79 bits per heavy atom. The molecule has 0 fully saturated rings. The minimum atomic E-state index is -4.58. The van der Waals surface area contributed by atoms with Gasteiger partial charge in [-0.2, -0.15) is 13.2 Å². The predicted octanol–water partition coefficient (Wildman–Crippen LogP) is 5.17. The third kappa shape index (κ3) is 4.40. The molecule has 150 valence electrons. The Hall–Kier alpha value is -3.34. The second-order valence-corrected chi connectivity index (χ2v) is 6.61. The van der Waals surface area contributed by atoms with Crippen molar-refractivity contribution in [3.8, 4) is 10.4 Å². The molecule has 3 rings (SSSR count). The van der Waals surface area contributed by atoms with E-state index < -0.39 is 34.8 Å². The van der Waals surface area contributed by atoms with Crippen molar-refractivity contribution in [3.63, 3.8) is 0 Å². The predicted molar refractivity (Wildman–Crippen MR) is 96.2 cm³/mol. The summed E-state index contributed by atoms with van der Waals surface area (Å²) in [5, 5.41) is 13.6. The maximum absolute atomic E-state index is 13.8. The molecule has 0 aliphatic carbocycles. The van der Waals surface area contributed by atoms with Crippen LogP contribution >= 0.6 is 11.3 Å². The number of hydrogen-bond donors (Lipinski definition) is 2. The zero-order valence-electron chi connectivity index (χ0n) is 14.2. The highest BCUT2D eigenvalue weighted by atomic mass is 32.1. The standard InChI is InChI=1S/C18H10F5N3O2S/c19-11-5-2-6-12(20)14(11)16(27)26-17-25-13(8-24-28)15(29-17)9-3-1-4-10(7-9)18(21,22)23/h1-8,28H,(H,25,26,27)/b24-8+. The lowest BCUT2D eigenvalue weighted by atomic mass is 10.1. The zero-order valence-corrected chi connectivity index (χ0v) is 15.0. The Morgan fingerprint density at radius 1 is 1.14 bits per heavy atom. The Kier molecular flexibility index (Phi) is 5.59. The van der Waals surface area contributed by atoms with Crippen LogP contribution in [-0.2, 0) is 6.18 Å². The van der Waals surface area contributed by atoms with Gasteiger partial charge in [0.1, 0.15) is 22.9 Å². The van der Waals surface area contributed by atoms with Gasteiger partial charge in [-0.25, -0.2) is 13.8 Å². The molecule has 0 unspecified atom stereocenters. The molecule has 29 heavy (non-hydrogen) atoms. The molecule has 0 spiro atoms. The van der Waals surface area contributed by atoms with E-state index in [-0.39, 0.29) is 21.3 Å². The normalized spacial score (nSPS) is 11.8. The van der Waals surface area contributed by atoms with E-state index in [9.17, 15) is 26.7 Å². The first-order valence-electron chi connectivity index (χ1n) is 7.82. The number of hydrogen-bond acceptors (Lipinski definition) is 5. The van der Waals surface area contributed by atoms with Crippen LogP contribution in [0.2, 0.25) is 0 Å². The highest BCUT2D eigenvalue weighted by Crippen LogP contribution is 2.36. The Bertz CT molecular complexity index is 1080. The van der Waals surface area contributed by atoms with Gasteiger partial charge in [0.2, 0.25) is 0 Å². The summed E-state index contributed by atoms with van der Waals surface area (Å²) in [4.78, 5) is 16.3. The molecule has 0 radical (unpaired) electrons. The first-order chi connectivity index (χ1) is 13.7. The van der Waals surface area contributed by atoms with Gasteiger partial charge in [-0.1, -0.05) is 34.7 Å². The monoisotopic (exact) mass is 427 g/mol. The summed E-state index contributed by atoms with van der Waals surface area (Å²) in [5.74, 6) is -3.30. The van der Waals surface area contributed by atoms with Gasteiger partial charge in [0.05, 0.1) is 16.7 Å². The van der Waals surface area contributed by atoms with Crippen LogP contribution in [0.1, 0.15) is 21.6 Å². The van der Waals surface area contributed by atoms with Gasteiger partial charge in [-0.3, -0.25) is 10.1 Å². The lowest BCUT2D eigenvalue weighted by molar-refractivity contribution is -0.137. The van der Waals surface area contributed by atoms with E-state index in [2.05, 4.69) is 15.5 Å². The van der Waals surface area contributed by atoms with Crippen LogP contribution in [0.4, 0.5) is 27.1 Å². The minimum Gasteiger partial charge on any atom is -0.411 e. The van der Waals surface area contributed by atoms with Gasteiger partial charge >= 0.3 is 6.18 Å². The van der Waals surface area contributed by atoms with E-state index >= 15 is 0 Å². The number of anilines is 1. The van der Waals surface area contributed by atoms with Crippen LogP contribution < -0.4 is 5.32 Å². The largest absolute Gasteiger partial charge is 0.416 e. The number of carbonyl (C=O) groups excluding carboxylic acids is 1. The van der Waals surface area contributed by atoms with Crippen LogP contribution in [0.15, 0.2) is 47.6 Å². The van der Waals surface area contributed by atoms with Crippen LogP contribution in [0.3, 0.4) is 0 Å². The molecule has 1 heterocycles.